The minimum Gasteiger partial charge on any atom is -0.312 e. The van der Waals surface area contributed by atoms with Gasteiger partial charge in [-0.05, 0) is 87.5 Å². The maximum absolute atomic E-state index is 13.6. The lowest BCUT2D eigenvalue weighted by Gasteiger charge is -2.35. The summed E-state index contributed by atoms with van der Waals surface area (Å²) >= 11 is 3.42. The largest absolute Gasteiger partial charge is 0.312 e. The first-order chi connectivity index (χ1) is 9.75. The van der Waals surface area contributed by atoms with Crippen molar-refractivity contribution in [2.45, 2.75) is 52.0 Å². The van der Waals surface area contributed by atoms with Crippen LogP contribution in [0.1, 0.15) is 45.6 Å². The standard InChI is InChI=1S/C18H25BrFN/c1-17(2,3)21-11-18(9-13-6-14(13)10-18)8-12-4-15(19)7-16(20)5-12/h4-5,7,13-14,21H,6,8-11H2,1-3H3. The van der Waals surface area contributed by atoms with Crippen LogP contribution in [0.3, 0.4) is 0 Å². The van der Waals surface area contributed by atoms with Crippen molar-refractivity contribution in [3.05, 3.63) is 34.1 Å². The van der Waals surface area contributed by atoms with Crippen LogP contribution in [0.25, 0.3) is 0 Å². The van der Waals surface area contributed by atoms with Gasteiger partial charge < -0.3 is 5.32 Å². The number of hydrogen-bond donors (Lipinski definition) is 1. The Labute approximate surface area is 135 Å². The van der Waals surface area contributed by atoms with Crippen molar-refractivity contribution in [1.82, 2.24) is 5.32 Å². The summed E-state index contributed by atoms with van der Waals surface area (Å²) in [6.07, 6.45) is 5.01. The predicted molar refractivity (Wildman–Crippen MR) is 88.8 cm³/mol. The van der Waals surface area contributed by atoms with Crippen LogP contribution in [0.15, 0.2) is 22.7 Å². The Balaban J connectivity index is 1.76. The Morgan fingerprint density at radius 3 is 2.48 bits per heavy atom. The summed E-state index contributed by atoms with van der Waals surface area (Å²) < 4.78 is 14.5. The molecule has 0 aliphatic heterocycles. The van der Waals surface area contributed by atoms with Gasteiger partial charge >= 0.3 is 0 Å². The number of fused-ring (bicyclic) bond motifs is 1. The van der Waals surface area contributed by atoms with E-state index in [-0.39, 0.29) is 11.4 Å². The first-order valence-electron chi connectivity index (χ1n) is 7.95. The van der Waals surface area contributed by atoms with Gasteiger partial charge in [0.2, 0.25) is 0 Å². The number of rotatable bonds is 4. The van der Waals surface area contributed by atoms with E-state index in [1.54, 1.807) is 6.07 Å². The van der Waals surface area contributed by atoms with Crippen LogP contribution in [0.4, 0.5) is 4.39 Å². The molecular formula is C18H25BrFN. The fraction of sp³-hybridized carbons (Fsp3) is 0.667. The van der Waals surface area contributed by atoms with E-state index in [9.17, 15) is 4.39 Å². The van der Waals surface area contributed by atoms with Gasteiger partial charge in [0.15, 0.2) is 0 Å². The summed E-state index contributed by atoms with van der Waals surface area (Å²) in [5.41, 5.74) is 1.58. The van der Waals surface area contributed by atoms with Gasteiger partial charge in [-0.3, -0.25) is 0 Å². The average Bonchev–Trinajstić information content (AvgIpc) is 2.93. The number of benzene rings is 1. The molecule has 0 aromatic heterocycles. The van der Waals surface area contributed by atoms with Crippen molar-refractivity contribution in [1.29, 1.82) is 0 Å². The molecule has 1 nitrogen and oxygen atoms in total. The fourth-order valence-corrected chi connectivity index (χ4v) is 4.47. The lowest BCUT2D eigenvalue weighted by molar-refractivity contribution is 0.222. The molecular weight excluding hydrogens is 329 g/mol. The predicted octanol–water partition coefficient (Wildman–Crippen LogP) is 4.94. The second kappa shape index (κ2) is 5.34. The molecule has 0 radical (unpaired) electrons. The van der Waals surface area contributed by atoms with E-state index in [4.69, 9.17) is 0 Å². The molecule has 1 aromatic rings. The second-order valence-electron chi connectivity index (χ2n) is 8.22. The third-order valence-electron chi connectivity index (χ3n) is 4.95. The molecule has 3 rings (SSSR count). The molecule has 1 aromatic carbocycles. The third-order valence-corrected chi connectivity index (χ3v) is 5.41. The highest BCUT2D eigenvalue weighted by Gasteiger charge is 2.53. The van der Waals surface area contributed by atoms with E-state index in [2.05, 4.69) is 48.1 Å². The van der Waals surface area contributed by atoms with Gasteiger partial charge in [0.05, 0.1) is 0 Å². The van der Waals surface area contributed by atoms with Crippen LogP contribution in [-0.2, 0) is 6.42 Å². The highest BCUT2D eigenvalue weighted by Crippen LogP contribution is 2.60. The first-order valence-corrected chi connectivity index (χ1v) is 8.74. The van der Waals surface area contributed by atoms with E-state index < -0.39 is 0 Å². The second-order valence-corrected chi connectivity index (χ2v) is 9.14. The molecule has 0 amide bonds. The Morgan fingerprint density at radius 1 is 1.24 bits per heavy atom. The minimum atomic E-state index is -0.138. The summed E-state index contributed by atoms with van der Waals surface area (Å²) in [7, 11) is 0. The third kappa shape index (κ3) is 3.87. The number of nitrogens with one attached hydrogen (secondary N) is 1. The SMILES string of the molecule is CC(C)(C)NCC1(Cc2cc(F)cc(Br)c2)CC2CC2C1. The molecule has 116 valence electrons. The summed E-state index contributed by atoms with van der Waals surface area (Å²) in [6, 6.07) is 5.31. The normalized spacial score (nSPS) is 31.3. The van der Waals surface area contributed by atoms with Crippen molar-refractivity contribution in [3.63, 3.8) is 0 Å². The molecule has 0 bridgehead atoms. The topological polar surface area (TPSA) is 12.0 Å². The van der Waals surface area contributed by atoms with E-state index in [0.29, 0.717) is 5.41 Å². The lowest BCUT2D eigenvalue weighted by Crippen LogP contribution is -2.44. The van der Waals surface area contributed by atoms with Gasteiger partial charge in [-0.15, -0.1) is 0 Å². The van der Waals surface area contributed by atoms with Crippen molar-refractivity contribution in [3.8, 4) is 0 Å². The monoisotopic (exact) mass is 353 g/mol. The molecule has 0 saturated heterocycles. The van der Waals surface area contributed by atoms with Gasteiger partial charge in [0, 0.05) is 16.6 Å². The van der Waals surface area contributed by atoms with Crippen LogP contribution in [0, 0.1) is 23.1 Å². The molecule has 3 heteroatoms. The molecule has 21 heavy (non-hydrogen) atoms. The van der Waals surface area contributed by atoms with Gasteiger partial charge in [0.25, 0.3) is 0 Å². The highest BCUT2D eigenvalue weighted by atomic mass is 79.9. The molecule has 2 saturated carbocycles. The number of halogens is 2. The smallest absolute Gasteiger partial charge is 0.124 e. The van der Waals surface area contributed by atoms with Crippen molar-refractivity contribution >= 4 is 15.9 Å². The van der Waals surface area contributed by atoms with E-state index in [1.165, 1.54) is 25.3 Å². The van der Waals surface area contributed by atoms with Crippen LogP contribution in [0.5, 0.6) is 0 Å². The average molecular weight is 354 g/mol. The summed E-state index contributed by atoms with van der Waals surface area (Å²) in [4.78, 5) is 0. The van der Waals surface area contributed by atoms with Gasteiger partial charge in [-0.2, -0.15) is 0 Å². The van der Waals surface area contributed by atoms with Crippen LogP contribution in [-0.4, -0.2) is 12.1 Å². The minimum absolute atomic E-state index is 0.138. The molecule has 2 aliphatic carbocycles. The Morgan fingerprint density at radius 2 is 1.90 bits per heavy atom. The van der Waals surface area contributed by atoms with Gasteiger partial charge in [-0.25, -0.2) is 4.39 Å². The van der Waals surface area contributed by atoms with Crippen LogP contribution in [0.2, 0.25) is 0 Å². The lowest BCUT2D eigenvalue weighted by atomic mass is 9.77. The molecule has 2 atom stereocenters. The molecule has 2 unspecified atom stereocenters. The molecule has 0 spiro atoms. The van der Waals surface area contributed by atoms with Crippen LogP contribution < -0.4 is 5.32 Å². The zero-order chi connectivity index (χ0) is 15.3. The van der Waals surface area contributed by atoms with Crippen molar-refractivity contribution in [2.75, 3.05) is 6.54 Å². The summed E-state index contributed by atoms with van der Waals surface area (Å²) in [6.45, 7) is 7.69. The maximum Gasteiger partial charge on any atom is 0.124 e. The van der Waals surface area contributed by atoms with Gasteiger partial charge in [0.1, 0.15) is 5.82 Å². The van der Waals surface area contributed by atoms with Gasteiger partial charge in [-0.1, -0.05) is 15.9 Å². The Kier molecular flexibility index (Phi) is 3.94. The quantitative estimate of drug-likeness (QED) is 0.808. The number of hydrogen-bond acceptors (Lipinski definition) is 1. The first kappa shape index (κ1) is 15.5. The van der Waals surface area contributed by atoms with Crippen molar-refractivity contribution in [2.24, 2.45) is 17.3 Å². The Bertz CT molecular complexity index is 504. The molecule has 1 N–H and O–H groups in total. The van der Waals surface area contributed by atoms with Crippen molar-refractivity contribution < 1.29 is 4.39 Å². The van der Waals surface area contributed by atoms with E-state index >= 15 is 0 Å². The highest BCUT2D eigenvalue weighted by molar-refractivity contribution is 9.10. The molecule has 2 fully saturated rings. The Hall–Kier alpha value is -0.410. The maximum atomic E-state index is 13.6. The molecule has 0 heterocycles. The van der Waals surface area contributed by atoms with E-state index in [1.807, 2.05) is 0 Å². The van der Waals surface area contributed by atoms with E-state index in [0.717, 1.165) is 34.8 Å². The van der Waals surface area contributed by atoms with Crippen LogP contribution >= 0.6 is 15.9 Å². The fourth-order valence-electron chi connectivity index (χ4n) is 3.96. The zero-order valence-electron chi connectivity index (χ0n) is 13.2. The zero-order valence-corrected chi connectivity index (χ0v) is 14.8. The summed E-state index contributed by atoms with van der Waals surface area (Å²) in [5.74, 6) is 1.73. The summed E-state index contributed by atoms with van der Waals surface area (Å²) in [5, 5.41) is 3.69. The molecule has 2 aliphatic rings.